The smallest absolute Gasteiger partial charge is 0.264 e. The highest BCUT2D eigenvalue weighted by Crippen LogP contribution is 2.36. The number of amides is 2. The van der Waals surface area contributed by atoms with Crippen molar-refractivity contribution >= 4 is 27.5 Å². The molecule has 0 aliphatic carbocycles. The minimum atomic E-state index is -4.24. The molecule has 1 N–H and O–H groups in total. The predicted molar refractivity (Wildman–Crippen MR) is 164 cm³/mol. The molecule has 0 saturated carbocycles. The van der Waals surface area contributed by atoms with Crippen LogP contribution in [0.2, 0.25) is 0 Å². The topological polar surface area (TPSA) is 105 Å². The van der Waals surface area contributed by atoms with Gasteiger partial charge in [0.1, 0.15) is 24.1 Å². The average molecular weight is 596 g/mol. The second kappa shape index (κ2) is 15.3. The monoisotopic (exact) mass is 595 g/mol. The van der Waals surface area contributed by atoms with E-state index < -0.39 is 28.5 Å². The Hall–Kier alpha value is -4.05. The van der Waals surface area contributed by atoms with Gasteiger partial charge in [-0.2, -0.15) is 0 Å². The number of hydrogen-bond donors (Lipinski definition) is 1. The summed E-state index contributed by atoms with van der Waals surface area (Å²) in [7, 11) is -1.34. The third kappa shape index (κ3) is 8.03. The zero-order valence-electron chi connectivity index (χ0n) is 25.0. The molecule has 0 heterocycles. The Morgan fingerprint density at radius 2 is 1.62 bits per heavy atom. The fourth-order valence-corrected chi connectivity index (χ4v) is 6.02. The summed E-state index contributed by atoms with van der Waals surface area (Å²) in [5.41, 5.74) is 2.04. The Balaban J connectivity index is 2.09. The normalized spacial score (nSPS) is 11.8. The first kappa shape index (κ1) is 32.5. The molecule has 1 atom stereocenters. The number of ether oxygens (including phenoxy) is 2. The quantitative estimate of drug-likeness (QED) is 0.276. The third-order valence-electron chi connectivity index (χ3n) is 6.96. The lowest BCUT2D eigenvalue weighted by Gasteiger charge is -2.33. The number of hydrogen-bond acceptors (Lipinski definition) is 6. The Kier molecular flexibility index (Phi) is 11.8. The van der Waals surface area contributed by atoms with E-state index in [-0.39, 0.29) is 28.8 Å². The molecule has 0 radical (unpaired) electrons. The Morgan fingerprint density at radius 3 is 2.21 bits per heavy atom. The fraction of sp³-hybridized carbons (Fsp3) is 0.375. The van der Waals surface area contributed by atoms with Crippen LogP contribution in [0.4, 0.5) is 5.69 Å². The Bertz CT molecular complexity index is 1430. The molecule has 0 aromatic heterocycles. The van der Waals surface area contributed by atoms with Gasteiger partial charge in [-0.15, -0.1) is 0 Å². The highest BCUT2D eigenvalue weighted by molar-refractivity contribution is 7.92. The number of sulfonamides is 1. The Morgan fingerprint density at radius 1 is 0.929 bits per heavy atom. The van der Waals surface area contributed by atoms with Crippen molar-refractivity contribution in [3.63, 3.8) is 0 Å². The van der Waals surface area contributed by atoms with Crippen LogP contribution in [0.15, 0.2) is 77.7 Å². The van der Waals surface area contributed by atoms with Crippen LogP contribution in [0.5, 0.6) is 11.5 Å². The van der Waals surface area contributed by atoms with Crippen LogP contribution in [0.1, 0.15) is 37.8 Å². The van der Waals surface area contributed by atoms with Gasteiger partial charge < -0.3 is 19.7 Å². The van der Waals surface area contributed by atoms with E-state index in [0.717, 1.165) is 21.9 Å². The summed E-state index contributed by atoms with van der Waals surface area (Å²) in [6, 6.07) is 20.1. The van der Waals surface area contributed by atoms with Gasteiger partial charge in [-0.25, -0.2) is 8.42 Å². The average Bonchev–Trinajstić information content (AvgIpc) is 3.00. The van der Waals surface area contributed by atoms with Gasteiger partial charge >= 0.3 is 0 Å². The van der Waals surface area contributed by atoms with E-state index in [9.17, 15) is 18.0 Å². The fourth-order valence-electron chi connectivity index (χ4n) is 4.60. The van der Waals surface area contributed by atoms with E-state index in [4.69, 9.17) is 9.47 Å². The lowest BCUT2D eigenvalue weighted by molar-refractivity contribution is -0.139. The van der Waals surface area contributed by atoms with Crippen LogP contribution in [-0.4, -0.2) is 65.0 Å². The lowest BCUT2D eigenvalue weighted by Crippen LogP contribution is -2.53. The molecule has 42 heavy (non-hydrogen) atoms. The number of anilines is 1. The number of nitrogens with one attached hydrogen (secondary N) is 1. The van der Waals surface area contributed by atoms with Crippen LogP contribution in [-0.2, 0) is 26.0 Å². The standard InChI is InChI=1S/C32H41N3O6S/c1-6-20-33-32(37)28(7-2)34(21-19-25-11-9-8-10-12-25)31(36)23-35(29-22-26(40-4)15-18-30(29)41-5)42(38,39)27-16-13-24(3)14-17-27/h8-18,22,28H,6-7,19-21,23H2,1-5H3,(H,33,37)/t28-/m0/s1. The number of carbonyl (C=O) groups excluding carboxylic acids is 2. The van der Waals surface area contributed by atoms with Crippen LogP contribution in [0, 0.1) is 6.92 Å². The number of rotatable bonds is 15. The second-order valence-electron chi connectivity index (χ2n) is 9.90. The van der Waals surface area contributed by atoms with E-state index >= 15 is 0 Å². The van der Waals surface area contributed by atoms with Gasteiger partial charge in [-0.3, -0.25) is 13.9 Å². The maximum Gasteiger partial charge on any atom is 0.264 e. The first-order valence-electron chi connectivity index (χ1n) is 14.1. The van der Waals surface area contributed by atoms with E-state index in [2.05, 4.69) is 5.32 Å². The molecule has 3 aromatic rings. The molecule has 226 valence electrons. The van der Waals surface area contributed by atoms with Crippen molar-refractivity contribution < 1.29 is 27.5 Å². The van der Waals surface area contributed by atoms with Crippen LogP contribution in [0.3, 0.4) is 0 Å². The minimum absolute atomic E-state index is 0.0225. The molecule has 2 amide bonds. The number of aryl methyl sites for hydroxylation is 1. The molecule has 10 heteroatoms. The van der Waals surface area contributed by atoms with Crippen molar-refractivity contribution in [2.24, 2.45) is 0 Å². The molecule has 9 nitrogen and oxygen atoms in total. The summed E-state index contributed by atoms with van der Waals surface area (Å²) in [4.78, 5) is 28.9. The molecule has 0 spiro atoms. The maximum absolute atomic E-state index is 14.2. The summed E-state index contributed by atoms with van der Waals surface area (Å²) in [6.07, 6.45) is 1.61. The number of methoxy groups -OCH3 is 2. The zero-order valence-corrected chi connectivity index (χ0v) is 25.8. The van der Waals surface area contributed by atoms with Crippen molar-refractivity contribution in [1.29, 1.82) is 0 Å². The minimum Gasteiger partial charge on any atom is -0.497 e. The van der Waals surface area contributed by atoms with Crippen molar-refractivity contribution in [2.75, 3.05) is 38.2 Å². The SMILES string of the molecule is CCCNC(=O)[C@H](CC)N(CCc1ccccc1)C(=O)CN(c1cc(OC)ccc1OC)S(=O)(=O)c1ccc(C)cc1. The van der Waals surface area contributed by atoms with Gasteiger partial charge in [-0.1, -0.05) is 61.9 Å². The number of nitrogens with zero attached hydrogens (tertiary/aromatic N) is 2. The molecule has 0 saturated heterocycles. The third-order valence-corrected chi connectivity index (χ3v) is 8.74. The van der Waals surface area contributed by atoms with E-state index in [1.165, 1.54) is 37.3 Å². The molecular formula is C32H41N3O6S. The Labute approximate surface area is 249 Å². The van der Waals surface area contributed by atoms with Crippen molar-refractivity contribution in [3.05, 3.63) is 83.9 Å². The van der Waals surface area contributed by atoms with Crippen molar-refractivity contribution in [1.82, 2.24) is 10.2 Å². The van der Waals surface area contributed by atoms with Gasteiger partial charge in [0.25, 0.3) is 10.0 Å². The van der Waals surface area contributed by atoms with Crippen LogP contribution >= 0.6 is 0 Å². The number of carbonyl (C=O) groups is 2. The highest BCUT2D eigenvalue weighted by atomic mass is 32.2. The van der Waals surface area contributed by atoms with E-state index in [1.807, 2.05) is 51.1 Å². The maximum atomic E-state index is 14.2. The first-order chi connectivity index (χ1) is 20.2. The largest absolute Gasteiger partial charge is 0.497 e. The van der Waals surface area contributed by atoms with Crippen molar-refractivity contribution in [3.8, 4) is 11.5 Å². The van der Waals surface area contributed by atoms with Gasteiger partial charge in [0.15, 0.2) is 0 Å². The molecule has 0 aliphatic heterocycles. The van der Waals surface area contributed by atoms with E-state index in [0.29, 0.717) is 25.1 Å². The van der Waals surface area contributed by atoms with Gasteiger partial charge in [-0.05, 0) is 56.0 Å². The summed E-state index contributed by atoms with van der Waals surface area (Å²) in [6.45, 7) is 5.81. The molecule has 0 unspecified atom stereocenters. The molecule has 0 fully saturated rings. The summed E-state index contributed by atoms with van der Waals surface area (Å²) < 4.78 is 40.2. The second-order valence-corrected chi connectivity index (χ2v) is 11.8. The van der Waals surface area contributed by atoms with Crippen LogP contribution in [0.25, 0.3) is 0 Å². The molecule has 0 bridgehead atoms. The highest BCUT2D eigenvalue weighted by Gasteiger charge is 2.34. The summed E-state index contributed by atoms with van der Waals surface area (Å²) >= 11 is 0. The summed E-state index contributed by atoms with van der Waals surface area (Å²) in [5, 5.41) is 2.90. The van der Waals surface area contributed by atoms with Crippen molar-refractivity contribution in [2.45, 2.75) is 51.0 Å². The number of benzene rings is 3. The molecular weight excluding hydrogens is 554 g/mol. The predicted octanol–water partition coefficient (Wildman–Crippen LogP) is 4.58. The zero-order chi connectivity index (χ0) is 30.7. The van der Waals surface area contributed by atoms with Gasteiger partial charge in [0.2, 0.25) is 11.8 Å². The van der Waals surface area contributed by atoms with Gasteiger partial charge in [0.05, 0.1) is 24.8 Å². The molecule has 0 aliphatic rings. The lowest BCUT2D eigenvalue weighted by atomic mass is 10.1. The van der Waals surface area contributed by atoms with E-state index in [1.54, 1.807) is 24.3 Å². The van der Waals surface area contributed by atoms with Gasteiger partial charge in [0, 0.05) is 19.2 Å². The molecule has 3 aromatic carbocycles. The van der Waals surface area contributed by atoms with Crippen LogP contribution < -0.4 is 19.1 Å². The first-order valence-corrected chi connectivity index (χ1v) is 15.5. The summed E-state index contributed by atoms with van der Waals surface area (Å²) in [5.74, 6) is -0.130. The molecule has 3 rings (SSSR count).